The van der Waals surface area contributed by atoms with Gasteiger partial charge in [-0.1, -0.05) is 12.5 Å². The van der Waals surface area contributed by atoms with Crippen molar-refractivity contribution in [2.75, 3.05) is 6.54 Å². The van der Waals surface area contributed by atoms with Gasteiger partial charge in [0.1, 0.15) is 5.92 Å². The van der Waals surface area contributed by atoms with Crippen LogP contribution in [0.25, 0.3) is 0 Å². The summed E-state index contributed by atoms with van der Waals surface area (Å²) in [6, 6.07) is 0. The van der Waals surface area contributed by atoms with Crippen LogP contribution >= 0.6 is 0 Å². The summed E-state index contributed by atoms with van der Waals surface area (Å²) < 4.78 is 26.5. The molecular formula is C10H15F2NO. The number of carbonyl (C=O) groups is 1. The molecule has 1 N–H and O–H groups in total. The van der Waals surface area contributed by atoms with Crippen molar-refractivity contribution in [2.24, 2.45) is 5.92 Å². The molecule has 1 amide bonds. The van der Waals surface area contributed by atoms with Crippen molar-refractivity contribution in [2.45, 2.75) is 31.6 Å². The maximum absolute atomic E-state index is 13.3. The van der Waals surface area contributed by atoms with Gasteiger partial charge in [0.25, 0.3) is 5.92 Å². The van der Waals surface area contributed by atoms with Gasteiger partial charge in [-0.3, -0.25) is 4.79 Å². The zero-order valence-corrected chi connectivity index (χ0v) is 8.06. The first-order chi connectivity index (χ1) is 6.58. The lowest BCUT2D eigenvalue weighted by molar-refractivity contribution is -0.145. The molecule has 1 fully saturated rings. The molecule has 4 heteroatoms. The van der Waals surface area contributed by atoms with Crippen LogP contribution in [0.3, 0.4) is 0 Å². The molecule has 14 heavy (non-hydrogen) atoms. The zero-order valence-electron chi connectivity index (χ0n) is 8.06. The minimum absolute atomic E-state index is 0.167. The largest absolute Gasteiger partial charge is 0.352 e. The second-order valence-corrected chi connectivity index (χ2v) is 3.59. The Balaban J connectivity index is 2.55. The molecule has 1 atom stereocenters. The molecule has 0 aliphatic heterocycles. The number of nitrogens with one attached hydrogen (secondary N) is 1. The number of hydrogen-bond donors (Lipinski definition) is 1. The Morgan fingerprint density at radius 2 is 2.29 bits per heavy atom. The zero-order chi connectivity index (χ0) is 10.6. The van der Waals surface area contributed by atoms with Crippen LogP contribution in [0.5, 0.6) is 0 Å². The molecule has 0 bridgehead atoms. The highest BCUT2D eigenvalue weighted by atomic mass is 19.3. The molecule has 0 saturated heterocycles. The van der Waals surface area contributed by atoms with Crippen molar-refractivity contribution in [3.05, 3.63) is 12.7 Å². The van der Waals surface area contributed by atoms with E-state index in [0.29, 0.717) is 12.8 Å². The summed E-state index contributed by atoms with van der Waals surface area (Å²) in [5.74, 6) is -4.52. The third-order valence-corrected chi connectivity index (χ3v) is 2.50. The van der Waals surface area contributed by atoms with Gasteiger partial charge in [-0.15, -0.1) is 6.58 Å². The molecule has 0 aromatic carbocycles. The summed E-state index contributed by atoms with van der Waals surface area (Å²) in [7, 11) is 0. The first-order valence-electron chi connectivity index (χ1n) is 4.84. The topological polar surface area (TPSA) is 29.1 Å². The maximum Gasteiger partial charge on any atom is 0.259 e. The standard InChI is InChI=1S/C10H15F2NO/c1-2-7-13-9(14)8-5-3-4-6-10(8,11)12/h2,8H,1,3-7H2,(H,13,14). The number of halogens is 2. The van der Waals surface area contributed by atoms with Gasteiger partial charge in [-0.2, -0.15) is 0 Å². The first kappa shape index (κ1) is 11.1. The fourth-order valence-electron chi connectivity index (χ4n) is 1.71. The molecule has 0 aromatic heterocycles. The van der Waals surface area contributed by atoms with Gasteiger partial charge in [0, 0.05) is 13.0 Å². The van der Waals surface area contributed by atoms with E-state index in [2.05, 4.69) is 11.9 Å². The molecule has 0 heterocycles. The van der Waals surface area contributed by atoms with Crippen LogP contribution in [-0.4, -0.2) is 18.4 Å². The van der Waals surface area contributed by atoms with Crippen molar-refractivity contribution in [3.63, 3.8) is 0 Å². The van der Waals surface area contributed by atoms with E-state index in [1.165, 1.54) is 6.08 Å². The highest BCUT2D eigenvalue weighted by Crippen LogP contribution is 2.38. The minimum atomic E-state index is -2.83. The van der Waals surface area contributed by atoms with Gasteiger partial charge in [0.2, 0.25) is 5.91 Å². The van der Waals surface area contributed by atoms with Crippen molar-refractivity contribution < 1.29 is 13.6 Å². The molecule has 2 nitrogen and oxygen atoms in total. The fourth-order valence-corrected chi connectivity index (χ4v) is 1.71. The van der Waals surface area contributed by atoms with Crippen molar-refractivity contribution in [1.82, 2.24) is 5.32 Å². The van der Waals surface area contributed by atoms with Crippen LogP contribution in [0.1, 0.15) is 25.7 Å². The van der Waals surface area contributed by atoms with E-state index in [-0.39, 0.29) is 19.4 Å². The number of alkyl halides is 2. The average molecular weight is 203 g/mol. The molecule has 0 aromatic rings. The molecule has 1 rings (SSSR count). The van der Waals surface area contributed by atoms with Gasteiger partial charge in [-0.25, -0.2) is 8.78 Å². The van der Waals surface area contributed by atoms with E-state index in [9.17, 15) is 13.6 Å². The Morgan fingerprint density at radius 3 is 2.86 bits per heavy atom. The van der Waals surface area contributed by atoms with Crippen molar-refractivity contribution in [3.8, 4) is 0 Å². The second-order valence-electron chi connectivity index (χ2n) is 3.59. The highest BCUT2D eigenvalue weighted by molar-refractivity contribution is 5.79. The third kappa shape index (κ3) is 2.53. The molecule has 1 unspecified atom stereocenters. The number of amides is 1. The van der Waals surface area contributed by atoms with E-state index in [0.717, 1.165) is 0 Å². The normalized spacial score (nSPS) is 25.4. The summed E-state index contributed by atoms with van der Waals surface area (Å²) in [4.78, 5) is 11.3. The van der Waals surface area contributed by atoms with E-state index in [1.807, 2.05) is 0 Å². The Hall–Kier alpha value is -0.930. The maximum atomic E-state index is 13.3. The molecule has 0 spiro atoms. The van der Waals surface area contributed by atoms with Crippen LogP contribution < -0.4 is 5.32 Å². The summed E-state index contributed by atoms with van der Waals surface area (Å²) in [6.45, 7) is 3.67. The Morgan fingerprint density at radius 1 is 1.57 bits per heavy atom. The number of rotatable bonds is 3. The van der Waals surface area contributed by atoms with Gasteiger partial charge in [-0.05, 0) is 12.8 Å². The van der Waals surface area contributed by atoms with Crippen LogP contribution in [-0.2, 0) is 4.79 Å². The molecule has 0 radical (unpaired) electrons. The number of carbonyl (C=O) groups excluding carboxylic acids is 1. The van der Waals surface area contributed by atoms with Gasteiger partial charge >= 0.3 is 0 Å². The summed E-state index contributed by atoms with van der Waals surface area (Å²) >= 11 is 0. The Labute approximate surface area is 82.4 Å². The van der Waals surface area contributed by atoms with E-state index in [4.69, 9.17) is 0 Å². The molecule has 80 valence electrons. The average Bonchev–Trinajstić information content (AvgIpc) is 2.13. The lowest BCUT2D eigenvalue weighted by atomic mass is 9.85. The minimum Gasteiger partial charge on any atom is -0.352 e. The Bertz CT molecular complexity index is 228. The SMILES string of the molecule is C=CCNC(=O)C1CCCCC1(F)F. The van der Waals surface area contributed by atoms with Crippen LogP contribution in [0.2, 0.25) is 0 Å². The molecule has 1 aliphatic carbocycles. The third-order valence-electron chi connectivity index (χ3n) is 2.50. The van der Waals surface area contributed by atoms with Gasteiger partial charge < -0.3 is 5.32 Å². The van der Waals surface area contributed by atoms with Crippen molar-refractivity contribution >= 4 is 5.91 Å². The molecule has 1 aliphatic rings. The predicted octanol–water partition coefficient (Wildman–Crippen LogP) is 2.11. The molecular weight excluding hydrogens is 188 g/mol. The first-order valence-corrected chi connectivity index (χ1v) is 4.84. The summed E-state index contributed by atoms with van der Waals surface area (Å²) in [5.41, 5.74) is 0. The summed E-state index contributed by atoms with van der Waals surface area (Å²) in [6.07, 6.45) is 2.83. The van der Waals surface area contributed by atoms with Gasteiger partial charge in [0.15, 0.2) is 0 Å². The highest BCUT2D eigenvalue weighted by Gasteiger charge is 2.45. The lowest BCUT2D eigenvalue weighted by Gasteiger charge is -2.29. The predicted molar refractivity (Wildman–Crippen MR) is 50.1 cm³/mol. The molecule has 1 saturated carbocycles. The van der Waals surface area contributed by atoms with Crippen LogP contribution in [0.4, 0.5) is 8.78 Å². The van der Waals surface area contributed by atoms with Gasteiger partial charge in [0.05, 0.1) is 0 Å². The van der Waals surface area contributed by atoms with Crippen LogP contribution in [0.15, 0.2) is 12.7 Å². The fraction of sp³-hybridized carbons (Fsp3) is 0.700. The number of hydrogen-bond acceptors (Lipinski definition) is 1. The lowest BCUT2D eigenvalue weighted by Crippen LogP contribution is -2.43. The van der Waals surface area contributed by atoms with Crippen molar-refractivity contribution in [1.29, 1.82) is 0 Å². The van der Waals surface area contributed by atoms with Crippen LogP contribution in [0, 0.1) is 5.92 Å². The van der Waals surface area contributed by atoms with E-state index < -0.39 is 17.7 Å². The second kappa shape index (κ2) is 4.53. The monoisotopic (exact) mass is 203 g/mol. The van der Waals surface area contributed by atoms with E-state index >= 15 is 0 Å². The quantitative estimate of drug-likeness (QED) is 0.699. The smallest absolute Gasteiger partial charge is 0.259 e. The summed E-state index contributed by atoms with van der Waals surface area (Å²) in [5, 5.41) is 2.42. The Kier molecular flexibility index (Phi) is 3.61. The van der Waals surface area contributed by atoms with E-state index in [1.54, 1.807) is 0 Å².